The van der Waals surface area contributed by atoms with Gasteiger partial charge in [0.2, 0.25) is 5.88 Å². The summed E-state index contributed by atoms with van der Waals surface area (Å²) in [5.74, 6) is 1.38. The molecule has 10 nitrogen and oxygen atoms in total. The van der Waals surface area contributed by atoms with Crippen LogP contribution in [-0.2, 0) is 0 Å². The van der Waals surface area contributed by atoms with Crippen LogP contribution in [0.1, 0.15) is 10.5 Å². The maximum Gasteiger partial charge on any atom is 0.274 e. The molecule has 0 aliphatic carbocycles. The van der Waals surface area contributed by atoms with Crippen LogP contribution < -0.4 is 9.47 Å². The van der Waals surface area contributed by atoms with Gasteiger partial charge in [0.05, 0.1) is 25.6 Å². The van der Waals surface area contributed by atoms with Crippen molar-refractivity contribution in [2.75, 3.05) is 47.4 Å². The van der Waals surface area contributed by atoms with Crippen molar-refractivity contribution in [3.05, 3.63) is 42.2 Å². The lowest BCUT2D eigenvalue weighted by Crippen LogP contribution is -2.47. The summed E-state index contributed by atoms with van der Waals surface area (Å²) in [5.41, 5.74) is 1.56. The quantitative estimate of drug-likeness (QED) is 0.619. The average Bonchev–Trinajstić information content (AvgIpc) is 3.25. The van der Waals surface area contributed by atoms with Gasteiger partial charge in [-0.3, -0.25) is 9.78 Å². The number of carbonyl (C=O) groups is 1. The molecule has 4 heterocycles. The predicted molar refractivity (Wildman–Crippen MR) is 109 cm³/mol. The average molecular weight is 409 g/mol. The first kappa shape index (κ1) is 19.8. The van der Waals surface area contributed by atoms with Crippen molar-refractivity contribution in [3.63, 3.8) is 0 Å². The number of aromatic nitrogens is 5. The van der Waals surface area contributed by atoms with Crippen molar-refractivity contribution in [1.82, 2.24) is 34.8 Å². The van der Waals surface area contributed by atoms with E-state index in [0.29, 0.717) is 47.6 Å². The third-order valence-corrected chi connectivity index (χ3v) is 5.00. The Morgan fingerprint density at radius 1 is 1.00 bits per heavy atom. The molecule has 0 radical (unpaired) electrons. The van der Waals surface area contributed by atoms with Gasteiger partial charge in [0.1, 0.15) is 5.75 Å². The number of nitrogens with zero attached hydrogens (tertiary/aromatic N) is 7. The summed E-state index contributed by atoms with van der Waals surface area (Å²) in [5, 5.41) is 12.7. The van der Waals surface area contributed by atoms with Crippen LogP contribution in [-0.4, -0.2) is 88.1 Å². The Balaban J connectivity index is 1.75. The van der Waals surface area contributed by atoms with E-state index in [0.717, 1.165) is 13.1 Å². The molecule has 0 atom stereocenters. The molecule has 0 N–H and O–H groups in total. The summed E-state index contributed by atoms with van der Waals surface area (Å²) in [6.07, 6.45) is 1.65. The summed E-state index contributed by atoms with van der Waals surface area (Å²) in [6.45, 7) is 3.00. The fourth-order valence-electron chi connectivity index (χ4n) is 3.23. The van der Waals surface area contributed by atoms with Gasteiger partial charge in [0, 0.05) is 44.5 Å². The lowest BCUT2D eigenvalue weighted by molar-refractivity contribution is 0.0657. The maximum absolute atomic E-state index is 13.1. The first-order valence-corrected chi connectivity index (χ1v) is 9.55. The Kier molecular flexibility index (Phi) is 5.57. The van der Waals surface area contributed by atoms with E-state index in [9.17, 15) is 4.79 Å². The number of ether oxygens (including phenoxy) is 2. The van der Waals surface area contributed by atoms with Gasteiger partial charge in [0.25, 0.3) is 5.91 Å². The third-order valence-electron chi connectivity index (χ3n) is 5.00. The normalized spacial score (nSPS) is 14.6. The number of likely N-dealkylation sites (N-methyl/N-ethyl adjacent to an activating group) is 1. The molecular weight excluding hydrogens is 386 g/mol. The van der Waals surface area contributed by atoms with E-state index < -0.39 is 0 Å². The van der Waals surface area contributed by atoms with Crippen LogP contribution in [0.2, 0.25) is 0 Å². The summed E-state index contributed by atoms with van der Waals surface area (Å²) in [4.78, 5) is 21.5. The van der Waals surface area contributed by atoms with Crippen LogP contribution in [0.3, 0.4) is 0 Å². The zero-order valence-electron chi connectivity index (χ0n) is 17.1. The Bertz CT molecular complexity index is 1030. The van der Waals surface area contributed by atoms with Gasteiger partial charge in [0.15, 0.2) is 11.5 Å². The van der Waals surface area contributed by atoms with E-state index in [1.54, 1.807) is 48.3 Å². The Hall–Kier alpha value is -3.53. The first-order chi connectivity index (χ1) is 14.6. The van der Waals surface area contributed by atoms with Crippen LogP contribution in [0.4, 0.5) is 0 Å². The highest BCUT2D eigenvalue weighted by Gasteiger charge is 2.25. The minimum atomic E-state index is -0.118. The van der Waals surface area contributed by atoms with Crippen molar-refractivity contribution in [2.45, 2.75) is 0 Å². The van der Waals surface area contributed by atoms with E-state index in [4.69, 9.17) is 9.47 Å². The molecule has 1 amide bonds. The van der Waals surface area contributed by atoms with Crippen LogP contribution in [0.25, 0.3) is 17.2 Å². The fraction of sp³-hybridized carbons (Fsp3) is 0.350. The highest BCUT2D eigenvalue weighted by atomic mass is 16.5. The number of carbonyl (C=O) groups excluding carboxylic acids is 1. The molecular formula is C20H23N7O3. The number of amides is 1. The minimum absolute atomic E-state index is 0.118. The standard InChI is InChI=1S/C20H23N7O3/c1-25-8-10-26(11-9-25)20(28)16-13-17(15-12-14(29-2)6-7-21-15)27(24-16)18-4-5-19(30-3)23-22-18/h4-7,12-13H,8-11H2,1-3H3. The Labute approximate surface area is 174 Å². The highest BCUT2D eigenvalue weighted by Crippen LogP contribution is 2.25. The zero-order chi connectivity index (χ0) is 21.1. The summed E-state index contributed by atoms with van der Waals surface area (Å²) in [6, 6.07) is 8.69. The van der Waals surface area contributed by atoms with Crippen LogP contribution in [0, 0.1) is 0 Å². The summed E-state index contributed by atoms with van der Waals surface area (Å²) >= 11 is 0. The van der Waals surface area contributed by atoms with Crippen molar-refractivity contribution in [1.29, 1.82) is 0 Å². The second-order valence-corrected chi connectivity index (χ2v) is 6.94. The van der Waals surface area contributed by atoms with Gasteiger partial charge in [-0.1, -0.05) is 0 Å². The SMILES string of the molecule is COc1ccnc(-c2cc(C(=O)N3CCN(C)CC3)nn2-c2ccc(OC)nn2)c1. The van der Waals surface area contributed by atoms with Crippen LogP contribution in [0.15, 0.2) is 36.5 Å². The molecule has 0 bridgehead atoms. The molecule has 1 aliphatic heterocycles. The largest absolute Gasteiger partial charge is 0.497 e. The molecule has 1 fully saturated rings. The topological polar surface area (TPSA) is 98.5 Å². The van der Waals surface area contributed by atoms with Crippen molar-refractivity contribution < 1.29 is 14.3 Å². The van der Waals surface area contributed by atoms with Gasteiger partial charge in [-0.2, -0.15) is 5.10 Å². The molecule has 30 heavy (non-hydrogen) atoms. The number of hydrogen-bond acceptors (Lipinski definition) is 8. The van der Waals surface area contributed by atoms with Crippen molar-refractivity contribution in [2.24, 2.45) is 0 Å². The van der Waals surface area contributed by atoms with Crippen LogP contribution in [0.5, 0.6) is 11.6 Å². The molecule has 4 rings (SSSR count). The number of hydrogen-bond donors (Lipinski definition) is 0. The molecule has 1 saturated heterocycles. The van der Waals surface area contributed by atoms with E-state index >= 15 is 0 Å². The van der Waals surface area contributed by atoms with Crippen molar-refractivity contribution >= 4 is 5.91 Å². The monoisotopic (exact) mass is 409 g/mol. The number of pyridine rings is 1. The molecule has 0 aromatic carbocycles. The molecule has 0 saturated carbocycles. The maximum atomic E-state index is 13.1. The molecule has 1 aliphatic rings. The van der Waals surface area contributed by atoms with E-state index in [1.165, 1.54) is 7.11 Å². The van der Waals surface area contributed by atoms with Gasteiger partial charge in [-0.25, -0.2) is 4.68 Å². The number of piperazine rings is 1. The second kappa shape index (κ2) is 8.46. The smallest absolute Gasteiger partial charge is 0.274 e. The molecule has 0 unspecified atom stereocenters. The number of rotatable bonds is 5. The zero-order valence-corrected chi connectivity index (χ0v) is 17.1. The summed E-state index contributed by atoms with van der Waals surface area (Å²) < 4.78 is 12.0. The second-order valence-electron chi connectivity index (χ2n) is 6.94. The van der Waals surface area contributed by atoms with Crippen molar-refractivity contribution in [3.8, 4) is 28.8 Å². The lowest BCUT2D eigenvalue weighted by Gasteiger charge is -2.31. The predicted octanol–water partition coefficient (Wildman–Crippen LogP) is 1.13. The van der Waals surface area contributed by atoms with E-state index in [-0.39, 0.29) is 5.91 Å². The minimum Gasteiger partial charge on any atom is -0.497 e. The van der Waals surface area contributed by atoms with Crippen LogP contribution >= 0.6 is 0 Å². The lowest BCUT2D eigenvalue weighted by atomic mass is 10.2. The Morgan fingerprint density at radius 2 is 1.80 bits per heavy atom. The molecule has 3 aromatic rings. The van der Waals surface area contributed by atoms with E-state index in [1.807, 2.05) is 11.9 Å². The number of methoxy groups -OCH3 is 2. The van der Waals surface area contributed by atoms with Gasteiger partial charge in [-0.15, -0.1) is 10.2 Å². The van der Waals surface area contributed by atoms with Gasteiger partial charge < -0.3 is 19.3 Å². The molecule has 10 heteroatoms. The highest BCUT2D eigenvalue weighted by molar-refractivity contribution is 5.93. The molecule has 156 valence electrons. The third kappa shape index (κ3) is 3.94. The summed E-state index contributed by atoms with van der Waals surface area (Å²) in [7, 11) is 5.16. The fourth-order valence-corrected chi connectivity index (χ4v) is 3.23. The molecule has 3 aromatic heterocycles. The van der Waals surface area contributed by atoms with Gasteiger partial charge in [-0.05, 0) is 25.2 Å². The molecule has 0 spiro atoms. The first-order valence-electron chi connectivity index (χ1n) is 9.55. The van der Waals surface area contributed by atoms with Gasteiger partial charge >= 0.3 is 0 Å². The Morgan fingerprint density at radius 3 is 2.47 bits per heavy atom. The van der Waals surface area contributed by atoms with E-state index in [2.05, 4.69) is 25.2 Å².